The van der Waals surface area contributed by atoms with Gasteiger partial charge < -0.3 is 0 Å². The first kappa shape index (κ1) is 11.6. The average molecular weight is 281 g/mol. The Labute approximate surface area is 108 Å². The van der Waals surface area contributed by atoms with Crippen molar-refractivity contribution in [2.75, 3.05) is 0 Å². The number of benzene rings is 2. The number of hydrogen-bond donors (Lipinski definition) is 0. The summed E-state index contributed by atoms with van der Waals surface area (Å²) in [6, 6.07) is 20.0. The average Bonchev–Trinajstić information content (AvgIpc) is 2.41. The Morgan fingerprint density at radius 2 is 1.00 bits per heavy atom. The summed E-state index contributed by atoms with van der Waals surface area (Å²) in [5, 5.41) is 0. The summed E-state index contributed by atoms with van der Waals surface area (Å²) in [4.78, 5) is 6.22. The molecule has 0 unspecified atom stereocenters. The molecule has 0 aliphatic heterocycles. The Balaban J connectivity index is 1.93. The van der Waals surface area contributed by atoms with Crippen LogP contribution in [0, 0.1) is 21.5 Å². The van der Waals surface area contributed by atoms with Crippen LogP contribution >= 0.6 is 0 Å². The van der Waals surface area contributed by atoms with Gasteiger partial charge in [0.25, 0.3) is 0 Å². The Kier molecular flexibility index (Phi) is 4.50. The summed E-state index contributed by atoms with van der Waals surface area (Å²) in [6.45, 7) is 0. The van der Waals surface area contributed by atoms with Crippen LogP contribution in [-0.2, 0) is 0 Å². The topological polar surface area (TPSA) is 0 Å². The molecule has 80 valence electrons. The van der Waals surface area contributed by atoms with Crippen LogP contribution in [-0.4, -0.2) is 15.0 Å². The van der Waals surface area contributed by atoms with Gasteiger partial charge in [-0.2, -0.15) is 0 Å². The molecule has 17 heavy (non-hydrogen) atoms. The quantitative estimate of drug-likeness (QED) is 0.514. The van der Waals surface area contributed by atoms with E-state index in [-0.39, 0.29) is 15.0 Å². The summed E-state index contributed by atoms with van der Waals surface area (Å²) in [5.41, 5.74) is 2.10. The van der Waals surface area contributed by atoms with E-state index in [0.29, 0.717) is 0 Å². The molecule has 0 nitrogen and oxygen atoms in total. The van der Waals surface area contributed by atoms with E-state index in [1.165, 1.54) is 0 Å². The third-order valence-electron chi connectivity index (χ3n) is 2.04. The molecule has 0 aromatic heterocycles. The van der Waals surface area contributed by atoms with Gasteiger partial charge in [-0.3, -0.25) is 0 Å². The molecule has 0 aliphatic rings. The van der Waals surface area contributed by atoms with Crippen molar-refractivity contribution in [1.29, 1.82) is 0 Å². The zero-order chi connectivity index (χ0) is 11.8. The molecule has 0 heterocycles. The standard InChI is InChI=1S/C16H10Se/c1-3-7-15(8-4-1)11-13-17-14-12-16-9-5-2-6-10-16/h1-10H. The van der Waals surface area contributed by atoms with Crippen molar-refractivity contribution in [3.05, 3.63) is 71.8 Å². The Bertz CT molecular complexity index is 522. The van der Waals surface area contributed by atoms with Gasteiger partial charge in [-0.25, -0.2) is 0 Å². The Hall–Kier alpha value is -1.92. The van der Waals surface area contributed by atoms with Crippen LogP contribution in [0.15, 0.2) is 60.7 Å². The molecule has 0 bridgehead atoms. The van der Waals surface area contributed by atoms with E-state index in [4.69, 9.17) is 0 Å². The van der Waals surface area contributed by atoms with Crippen LogP contribution in [0.5, 0.6) is 0 Å². The van der Waals surface area contributed by atoms with Gasteiger partial charge in [-0.15, -0.1) is 0 Å². The normalized spacial score (nSPS) is 8.47. The van der Waals surface area contributed by atoms with Crippen molar-refractivity contribution in [2.24, 2.45) is 0 Å². The summed E-state index contributed by atoms with van der Waals surface area (Å²) in [6.07, 6.45) is 0. The summed E-state index contributed by atoms with van der Waals surface area (Å²) in [7, 11) is 0. The van der Waals surface area contributed by atoms with Gasteiger partial charge in [-0.05, 0) is 0 Å². The number of rotatable bonds is 0. The fourth-order valence-corrected chi connectivity index (χ4v) is 2.05. The Morgan fingerprint density at radius 3 is 1.41 bits per heavy atom. The first-order valence-electron chi connectivity index (χ1n) is 5.23. The molecule has 1 heteroatoms. The second kappa shape index (κ2) is 6.62. The van der Waals surface area contributed by atoms with Crippen molar-refractivity contribution in [2.45, 2.75) is 0 Å². The first-order valence-corrected chi connectivity index (χ1v) is 6.94. The molecule has 0 amide bonds. The van der Waals surface area contributed by atoms with E-state index < -0.39 is 0 Å². The molecule has 0 N–H and O–H groups in total. The summed E-state index contributed by atoms with van der Waals surface area (Å²) >= 11 is 0.0612. The van der Waals surface area contributed by atoms with Crippen LogP contribution in [0.2, 0.25) is 0 Å². The van der Waals surface area contributed by atoms with Crippen molar-refractivity contribution < 1.29 is 0 Å². The molecular weight excluding hydrogens is 271 g/mol. The molecular formula is C16H10Se. The molecule has 2 aromatic carbocycles. The minimum atomic E-state index is 0.0612. The SMILES string of the molecule is C(#Cc1ccccc1)[Se]C#Cc1ccccc1. The van der Waals surface area contributed by atoms with E-state index in [1.807, 2.05) is 60.7 Å². The maximum absolute atomic E-state index is 3.11. The molecule has 0 saturated heterocycles. The molecule has 0 spiro atoms. The van der Waals surface area contributed by atoms with Crippen molar-refractivity contribution >= 4 is 15.0 Å². The molecule has 2 rings (SSSR count). The van der Waals surface area contributed by atoms with Crippen LogP contribution in [0.4, 0.5) is 0 Å². The fourth-order valence-electron chi connectivity index (χ4n) is 1.24. The molecule has 0 aliphatic carbocycles. The Morgan fingerprint density at radius 1 is 0.588 bits per heavy atom. The third kappa shape index (κ3) is 4.21. The second-order valence-electron chi connectivity index (χ2n) is 3.29. The zero-order valence-corrected chi connectivity index (χ0v) is 10.9. The van der Waals surface area contributed by atoms with Gasteiger partial charge >= 0.3 is 108 Å². The van der Waals surface area contributed by atoms with Crippen molar-refractivity contribution in [3.63, 3.8) is 0 Å². The summed E-state index contributed by atoms with van der Waals surface area (Å²) in [5.74, 6) is 6.21. The number of hydrogen-bond acceptors (Lipinski definition) is 0. The van der Waals surface area contributed by atoms with Gasteiger partial charge in [0.15, 0.2) is 0 Å². The van der Waals surface area contributed by atoms with Crippen LogP contribution in [0.3, 0.4) is 0 Å². The van der Waals surface area contributed by atoms with E-state index in [2.05, 4.69) is 21.5 Å². The minimum absolute atomic E-state index is 0.0612. The summed E-state index contributed by atoms with van der Waals surface area (Å²) < 4.78 is 0. The predicted molar refractivity (Wildman–Crippen MR) is 72.4 cm³/mol. The molecule has 0 saturated carbocycles. The fraction of sp³-hybridized carbons (Fsp3) is 0. The second-order valence-corrected chi connectivity index (χ2v) is 4.57. The van der Waals surface area contributed by atoms with Gasteiger partial charge in [-0.1, -0.05) is 0 Å². The van der Waals surface area contributed by atoms with Crippen molar-refractivity contribution in [1.82, 2.24) is 0 Å². The molecule has 2 aromatic rings. The first-order chi connectivity index (χ1) is 8.45. The van der Waals surface area contributed by atoms with Gasteiger partial charge in [0.1, 0.15) is 0 Å². The van der Waals surface area contributed by atoms with Gasteiger partial charge in [0, 0.05) is 0 Å². The van der Waals surface area contributed by atoms with E-state index in [1.54, 1.807) is 0 Å². The van der Waals surface area contributed by atoms with Crippen molar-refractivity contribution in [3.8, 4) is 21.5 Å². The monoisotopic (exact) mass is 282 g/mol. The molecule has 0 radical (unpaired) electrons. The van der Waals surface area contributed by atoms with Crippen LogP contribution in [0.1, 0.15) is 11.1 Å². The van der Waals surface area contributed by atoms with Crippen LogP contribution in [0.25, 0.3) is 0 Å². The van der Waals surface area contributed by atoms with Gasteiger partial charge in [0.05, 0.1) is 0 Å². The molecule has 0 fully saturated rings. The van der Waals surface area contributed by atoms with E-state index in [9.17, 15) is 0 Å². The van der Waals surface area contributed by atoms with E-state index in [0.717, 1.165) is 11.1 Å². The third-order valence-corrected chi connectivity index (χ3v) is 2.90. The molecule has 0 atom stereocenters. The maximum atomic E-state index is 3.11. The van der Waals surface area contributed by atoms with E-state index >= 15 is 0 Å². The predicted octanol–water partition coefficient (Wildman–Crippen LogP) is 2.71. The zero-order valence-electron chi connectivity index (χ0n) is 9.18. The van der Waals surface area contributed by atoms with Crippen LogP contribution < -0.4 is 0 Å². The van der Waals surface area contributed by atoms with Gasteiger partial charge in [0.2, 0.25) is 0 Å².